The smallest absolute Gasteiger partial charge is 0.0323 e. The van der Waals surface area contributed by atoms with Crippen LogP contribution in [0.1, 0.15) is 47.0 Å². The summed E-state index contributed by atoms with van der Waals surface area (Å²) < 4.78 is 0. The lowest BCUT2D eigenvalue weighted by molar-refractivity contribution is 0.235. The second-order valence-corrected chi connectivity index (χ2v) is 5.46. The van der Waals surface area contributed by atoms with Gasteiger partial charge in [0.2, 0.25) is 0 Å². The molecular formula is C13H24. The van der Waals surface area contributed by atoms with Crippen LogP contribution in [0.3, 0.4) is 0 Å². The van der Waals surface area contributed by atoms with Crippen molar-refractivity contribution in [2.24, 2.45) is 35.5 Å². The Bertz CT molecular complexity index is 184. The standard InChI is InChI=1S/C13H24/c1-5-8(3)11-7-12-10(6-2)13(12)9(11)4/h8-13H,5-7H2,1-4H3. The van der Waals surface area contributed by atoms with Gasteiger partial charge in [0.15, 0.2) is 0 Å². The van der Waals surface area contributed by atoms with Crippen molar-refractivity contribution in [3.8, 4) is 0 Å². The van der Waals surface area contributed by atoms with Crippen molar-refractivity contribution in [3.05, 3.63) is 0 Å². The van der Waals surface area contributed by atoms with Gasteiger partial charge in [-0.25, -0.2) is 0 Å². The fraction of sp³-hybridized carbons (Fsp3) is 1.00. The lowest BCUT2D eigenvalue weighted by Crippen LogP contribution is -2.18. The molecule has 0 aliphatic heterocycles. The third-order valence-corrected chi connectivity index (χ3v) is 5.07. The van der Waals surface area contributed by atoms with Crippen molar-refractivity contribution in [2.45, 2.75) is 47.0 Å². The molecule has 0 amide bonds. The average Bonchev–Trinajstić information content (AvgIpc) is 2.75. The summed E-state index contributed by atoms with van der Waals surface area (Å²) in [6.07, 6.45) is 4.37. The average molecular weight is 180 g/mol. The maximum absolute atomic E-state index is 2.51. The fourth-order valence-electron chi connectivity index (χ4n) is 4.03. The first-order valence-corrected chi connectivity index (χ1v) is 6.20. The van der Waals surface area contributed by atoms with Crippen LogP contribution in [0, 0.1) is 35.5 Å². The summed E-state index contributed by atoms with van der Waals surface area (Å²) in [6.45, 7) is 9.68. The van der Waals surface area contributed by atoms with Crippen LogP contribution in [0.2, 0.25) is 0 Å². The van der Waals surface area contributed by atoms with Gasteiger partial charge in [0.05, 0.1) is 0 Å². The monoisotopic (exact) mass is 180 g/mol. The van der Waals surface area contributed by atoms with Gasteiger partial charge in [0.1, 0.15) is 0 Å². The molecule has 2 rings (SSSR count). The summed E-state index contributed by atoms with van der Waals surface area (Å²) in [4.78, 5) is 0. The summed E-state index contributed by atoms with van der Waals surface area (Å²) in [5, 5.41) is 0. The van der Waals surface area contributed by atoms with Crippen molar-refractivity contribution >= 4 is 0 Å². The molecule has 0 radical (unpaired) electrons. The van der Waals surface area contributed by atoms with Crippen LogP contribution < -0.4 is 0 Å². The minimum absolute atomic E-state index is 0.973. The maximum Gasteiger partial charge on any atom is -0.0323 e. The van der Waals surface area contributed by atoms with Crippen LogP contribution in [-0.2, 0) is 0 Å². The van der Waals surface area contributed by atoms with Gasteiger partial charge in [0.25, 0.3) is 0 Å². The molecule has 0 heteroatoms. The Kier molecular flexibility index (Phi) is 2.42. The lowest BCUT2D eigenvalue weighted by Gasteiger charge is -2.26. The molecule has 2 aliphatic rings. The first-order valence-electron chi connectivity index (χ1n) is 6.20. The molecule has 6 unspecified atom stereocenters. The normalized spacial score (nSPS) is 50.3. The fourth-order valence-corrected chi connectivity index (χ4v) is 4.03. The second-order valence-electron chi connectivity index (χ2n) is 5.46. The molecule has 2 saturated carbocycles. The van der Waals surface area contributed by atoms with Crippen LogP contribution in [0.5, 0.6) is 0 Å². The number of hydrogen-bond acceptors (Lipinski definition) is 0. The molecule has 0 saturated heterocycles. The Morgan fingerprint density at radius 2 is 2.00 bits per heavy atom. The zero-order valence-electron chi connectivity index (χ0n) is 9.59. The molecule has 76 valence electrons. The van der Waals surface area contributed by atoms with E-state index in [0.29, 0.717) is 0 Å². The molecule has 0 nitrogen and oxygen atoms in total. The molecule has 0 aromatic rings. The topological polar surface area (TPSA) is 0 Å². The van der Waals surface area contributed by atoms with Crippen molar-refractivity contribution in [3.63, 3.8) is 0 Å². The van der Waals surface area contributed by atoms with Gasteiger partial charge in [-0.2, -0.15) is 0 Å². The van der Waals surface area contributed by atoms with Crippen LogP contribution in [0.15, 0.2) is 0 Å². The molecule has 2 aliphatic carbocycles. The van der Waals surface area contributed by atoms with Gasteiger partial charge in [-0.3, -0.25) is 0 Å². The summed E-state index contributed by atoms with van der Waals surface area (Å²) in [7, 11) is 0. The second kappa shape index (κ2) is 3.29. The van der Waals surface area contributed by atoms with Crippen molar-refractivity contribution in [1.29, 1.82) is 0 Å². The molecule has 13 heavy (non-hydrogen) atoms. The lowest BCUT2D eigenvalue weighted by atomic mass is 9.80. The van der Waals surface area contributed by atoms with Crippen LogP contribution in [0.4, 0.5) is 0 Å². The van der Waals surface area contributed by atoms with Crippen molar-refractivity contribution in [1.82, 2.24) is 0 Å². The number of fused-ring (bicyclic) bond motifs is 1. The van der Waals surface area contributed by atoms with E-state index in [0.717, 1.165) is 35.5 Å². The summed E-state index contributed by atoms with van der Waals surface area (Å²) >= 11 is 0. The summed E-state index contributed by atoms with van der Waals surface area (Å²) in [6, 6.07) is 0. The van der Waals surface area contributed by atoms with Crippen molar-refractivity contribution < 1.29 is 0 Å². The quantitative estimate of drug-likeness (QED) is 0.616. The van der Waals surface area contributed by atoms with E-state index in [1.54, 1.807) is 6.42 Å². The van der Waals surface area contributed by atoms with Crippen LogP contribution >= 0.6 is 0 Å². The van der Waals surface area contributed by atoms with E-state index in [4.69, 9.17) is 0 Å². The van der Waals surface area contributed by atoms with E-state index in [1.165, 1.54) is 12.8 Å². The molecule has 0 N–H and O–H groups in total. The maximum atomic E-state index is 2.51. The Hall–Kier alpha value is 0. The molecular weight excluding hydrogens is 156 g/mol. The minimum atomic E-state index is 0.973. The zero-order chi connectivity index (χ0) is 9.59. The Morgan fingerprint density at radius 1 is 1.31 bits per heavy atom. The SMILES string of the molecule is CCC(C)C1CC2C(CC)C2C1C. The highest BCUT2D eigenvalue weighted by Crippen LogP contribution is 2.65. The van der Waals surface area contributed by atoms with E-state index in [2.05, 4.69) is 27.7 Å². The van der Waals surface area contributed by atoms with Gasteiger partial charge < -0.3 is 0 Å². The summed E-state index contributed by atoms with van der Waals surface area (Å²) in [5.41, 5.74) is 0. The highest BCUT2D eigenvalue weighted by atomic mass is 14.6. The van der Waals surface area contributed by atoms with E-state index in [-0.39, 0.29) is 0 Å². The van der Waals surface area contributed by atoms with Crippen LogP contribution in [0.25, 0.3) is 0 Å². The molecule has 0 heterocycles. The number of rotatable bonds is 3. The predicted molar refractivity (Wildman–Crippen MR) is 57.5 cm³/mol. The van der Waals surface area contributed by atoms with Gasteiger partial charge in [-0.05, 0) is 41.9 Å². The predicted octanol–water partition coefficient (Wildman–Crippen LogP) is 3.96. The zero-order valence-corrected chi connectivity index (χ0v) is 9.59. The third-order valence-electron chi connectivity index (χ3n) is 5.07. The van der Waals surface area contributed by atoms with Gasteiger partial charge in [-0.1, -0.05) is 40.5 Å². The van der Waals surface area contributed by atoms with Gasteiger partial charge in [-0.15, -0.1) is 0 Å². The molecule has 2 fully saturated rings. The minimum Gasteiger partial charge on any atom is -0.0651 e. The highest BCUT2D eigenvalue weighted by molar-refractivity contribution is 5.07. The molecule has 0 spiro atoms. The van der Waals surface area contributed by atoms with E-state index in [9.17, 15) is 0 Å². The molecule has 0 bridgehead atoms. The van der Waals surface area contributed by atoms with E-state index < -0.39 is 0 Å². The first-order chi connectivity index (χ1) is 6.20. The number of hydrogen-bond donors (Lipinski definition) is 0. The largest absolute Gasteiger partial charge is 0.0651 e. The Morgan fingerprint density at radius 3 is 2.38 bits per heavy atom. The molecule has 0 aromatic carbocycles. The van der Waals surface area contributed by atoms with Crippen LogP contribution in [-0.4, -0.2) is 0 Å². The molecule has 0 aromatic heterocycles. The van der Waals surface area contributed by atoms with Gasteiger partial charge in [0, 0.05) is 0 Å². The first kappa shape index (κ1) is 9.55. The van der Waals surface area contributed by atoms with E-state index >= 15 is 0 Å². The Balaban J connectivity index is 1.94. The highest BCUT2D eigenvalue weighted by Gasteiger charge is 2.59. The Labute approximate surface area is 83.1 Å². The molecule has 6 atom stereocenters. The van der Waals surface area contributed by atoms with Gasteiger partial charge >= 0.3 is 0 Å². The summed E-state index contributed by atoms with van der Waals surface area (Å²) in [5.74, 6) is 6.45. The third kappa shape index (κ3) is 1.33. The van der Waals surface area contributed by atoms with Crippen molar-refractivity contribution in [2.75, 3.05) is 0 Å². The van der Waals surface area contributed by atoms with E-state index in [1.807, 2.05) is 0 Å².